The summed E-state index contributed by atoms with van der Waals surface area (Å²) in [5.41, 5.74) is 1.47. The van der Waals surface area contributed by atoms with Crippen molar-refractivity contribution in [3.8, 4) is 5.75 Å². The smallest absolute Gasteiger partial charge is 0.120 e. The van der Waals surface area contributed by atoms with Crippen molar-refractivity contribution in [2.24, 2.45) is 5.41 Å². The number of phenols is 1. The lowest BCUT2D eigenvalue weighted by molar-refractivity contribution is 0.354. The highest BCUT2D eigenvalue weighted by molar-refractivity contribution is 5.34. The van der Waals surface area contributed by atoms with E-state index < -0.39 is 0 Å². The fourth-order valence-corrected chi connectivity index (χ4v) is 2.88. The topological polar surface area (TPSA) is 32.3 Å². The van der Waals surface area contributed by atoms with Gasteiger partial charge < -0.3 is 10.4 Å². The van der Waals surface area contributed by atoms with E-state index in [4.69, 9.17) is 0 Å². The van der Waals surface area contributed by atoms with Gasteiger partial charge in [0.25, 0.3) is 0 Å². The van der Waals surface area contributed by atoms with Gasteiger partial charge in [-0.05, 0) is 37.7 Å². The normalized spacial score (nSPS) is 24.8. The van der Waals surface area contributed by atoms with E-state index in [1.165, 1.54) is 19.3 Å². The molecule has 0 amide bonds. The average Bonchev–Trinajstić information content (AvgIpc) is 2.58. The molecule has 2 N–H and O–H groups in total. The van der Waals surface area contributed by atoms with E-state index in [0.29, 0.717) is 17.2 Å². The molecule has 94 valence electrons. The van der Waals surface area contributed by atoms with Crippen LogP contribution in [0.1, 0.15) is 51.6 Å². The Labute approximate surface area is 104 Å². The molecule has 1 saturated carbocycles. The van der Waals surface area contributed by atoms with Gasteiger partial charge in [-0.1, -0.05) is 32.0 Å². The van der Waals surface area contributed by atoms with Crippen LogP contribution in [0.25, 0.3) is 0 Å². The second kappa shape index (κ2) is 4.69. The Kier molecular flexibility index (Phi) is 3.43. The number of aromatic hydroxyl groups is 1. The maximum atomic E-state index is 9.82. The van der Waals surface area contributed by atoms with Crippen molar-refractivity contribution in [1.82, 2.24) is 5.32 Å². The van der Waals surface area contributed by atoms with Gasteiger partial charge in [0.05, 0.1) is 0 Å². The lowest BCUT2D eigenvalue weighted by Crippen LogP contribution is -2.30. The Bertz CT molecular complexity index is 386. The zero-order valence-electron chi connectivity index (χ0n) is 11.0. The second-order valence-corrected chi connectivity index (χ2v) is 6.05. The van der Waals surface area contributed by atoms with Gasteiger partial charge in [-0.3, -0.25) is 0 Å². The molecule has 0 bridgehead atoms. The highest BCUT2D eigenvalue weighted by Crippen LogP contribution is 2.38. The Morgan fingerprint density at radius 3 is 2.65 bits per heavy atom. The Balaban J connectivity index is 1.99. The number of para-hydroxylation sites is 1. The molecular weight excluding hydrogens is 210 g/mol. The molecule has 2 nitrogen and oxygen atoms in total. The summed E-state index contributed by atoms with van der Waals surface area (Å²) in [6.45, 7) is 6.79. The number of nitrogens with one attached hydrogen (secondary N) is 1. The van der Waals surface area contributed by atoms with Gasteiger partial charge in [-0.2, -0.15) is 0 Å². The van der Waals surface area contributed by atoms with Crippen LogP contribution in [0.2, 0.25) is 0 Å². The Morgan fingerprint density at radius 1 is 1.35 bits per heavy atom. The first-order valence-corrected chi connectivity index (χ1v) is 6.52. The minimum Gasteiger partial charge on any atom is -0.508 e. The number of benzene rings is 1. The highest BCUT2D eigenvalue weighted by atomic mass is 16.3. The molecule has 2 heteroatoms. The summed E-state index contributed by atoms with van der Waals surface area (Å²) in [4.78, 5) is 0. The van der Waals surface area contributed by atoms with Crippen LogP contribution in [0.15, 0.2) is 24.3 Å². The predicted octanol–water partition coefficient (Wildman–Crippen LogP) is 3.62. The second-order valence-electron chi connectivity index (χ2n) is 6.05. The standard InChI is InChI=1S/C15H23NO/c1-11(13-6-4-5-7-14(13)17)16-12-8-9-15(2,3)10-12/h4-7,11-12,16-17H,8-10H2,1-3H3. The lowest BCUT2D eigenvalue weighted by Gasteiger charge is -2.22. The molecule has 2 rings (SSSR count). The van der Waals surface area contributed by atoms with Gasteiger partial charge in [-0.15, -0.1) is 0 Å². The van der Waals surface area contributed by atoms with Crippen molar-refractivity contribution < 1.29 is 5.11 Å². The molecule has 0 spiro atoms. The van der Waals surface area contributed by atoms with Crippen LogP contribution in [0.4, 0.5) is 0 Å². The number of phenolic OH excluding ortho intramolecular Hbond substituents is 1. The van der Waals surface area contributed by atoms with Crippen LogP contribution < -0.4 is 5.32 Å². The van der Waals surface area contributed by atoms with E-state index in [1.54, 1.807) is 6.07 Å². The third-order valence-electron chi connectivity index (χ3n) is 3.86. The molecule has 0 radical (unpaired) electrons. The third kappa shape index (κ3) is 3.01. The van der Waals surface area contributed by atoms with Gasteiger partial charge in [0.2, 0.25) is 0 Å². The summed E-state index contributed by atoms with van der Waals surface area (Å²) < 4.78 is 0. The van der Waals surface area contributed by atoms with Crippen LogP contribution in [-0.4, -0.2) is 11.1 Å². The van der Waals surface area contributed by atoms with E-state index in [-0.39, 0.29) is 6.04 Å². The van der Waals surface area contributed by atoms with E-state index in [0.717, 1.165) is 5.56 Å². The predicted molar refractivity (Wildman–Crippen MR) is 71.1 cm³/mol. The number of hydrogen-bond acceptors (Lipinski definition) is 2. The highest BCUT2D eigenvalue weighted by Gasteiger charge is 2.31. The minimum absolute atomic E-state index is 0.218. The monoisotopic (exact) mass is 233 g/mol. The molecule has 1 aliphatic rings. The maximum Gasteiger partial charge on any atom is 0.120 e. The van der Waals surface area contributed by atoms with E-state index in [9.17, 15) is 5.11 Å². The van der Waals surface area contributed by atoms with Crippen LogP contribution >= 0.6 is 0 Å². The first kappa shape index (κ1) is 12.4. The fraction of sp³-hybridized carbons (Fsp3) is 0.600. The van der Waals surface area contributed by atoms with Gasteiger partial charge in [0.1, 0.15) is 5.75 Å². The summed E-state index contributed by atoms with van der Waals surface area (Å²) in [6, 6.07) is 8.39. The third-order valence-corrected chi connectivity index (χ3v) is 3.86. The van der Waals surface area contributed by atoms with Crippen molar-refractivity contribution >= 4 is 0 Å². The Hall–Kier alpha value is -1.02. The molecule has 0 aromatic heterocycles. The summed E-state index contributed by atoms with van der Waals surface area (Å²) in [5.74, 6) is 0.393. The zero-order valence-corrected chi connectivity index (χ0v) is 11.0. The number of hydrogen-bond donors (Lipinski definition) is 2. The molecule has 0 aliphatic heterocycles. The van der Waals surface area contributed by atoms with Crippen molar-refractivity contribution in [3.05, 3.63) is 29.8 Å². The molecular formula is C15H23NO. The fourth-order valence-electron chi connectivity index (χ4n) is 2.88. The molecule has 17 heavy (non-hydrogen) atoms. The summed E-state index contributed by atoms with van der Waals surface area (Å²) in [6.07, 6.45) is 3.76. The van der Waals surface area contributed by atoms with E-state index >= 15 is 0 Å². The van der Waals surface area contributed by atoms with Crippen LogP contribution in [0.3, 0.4) is 0 Å². The van der Waals surface area contributed by atoms with Gasteiger partial charge >= 0.3 is 0 Å². The molecule has 0 saturated heterocycles. The summed E-state index contributed by atoms with van der Waals surface area (Å²) in [5, 5.41) is 13.4. The van der Waals surface area contributed by atoms with Gasteiger partial charge in [0, 0.05) is 17.6 Å². The molecule has 0 heterocycles. The molecule has 2 atom stereocenters. The summed E-state index contributed by atoms with van der Waals surface area (Å²) >= 11 is 0. The maximum absolute atomic E-state index is 9.82. The van der Waals surface area contributed by atoms with E-state index in [2.05, 4.69) is 26.1 Å². The van der Waals surface area contributed by atoms with Crippen LogP contribution in [-0.2, 0) is 0 Å². The largest absolute Gasteiger partial charge is 0.508 e. The van der Waals surface area contributed by atoms with Crippen molar-refractivity contribution in [2.45, 2.75) is 52.1 Å². The first-order chi connectivity index (χ1) is 7.98. The molecule has 1 fully saturated rings. The van der Waals surface area contributed by atoms with Gasteiger partial charge in [-0.25, -0.2) is 0 Å². The van der Waals surface area contributed by atoms with Crippen molar-refractivity contribution in [3.63, 3.8) is 0 Å². The van der Waals surface area contributed by atoms with Crippen molar-refractivity contribution in [1.29, 1.82) is 0 Å². The molecule has 2 unspecified atom stereocenters. The van der Waals surface area contributed by atoms with Crippen LogP contribution in [0.5, 0.6) is 5.75 Å². The number of rotatable bonds is 3. The van der Waals surface area contributed by atoms with Gasteiger partial charge in [0.15, 0.2) is 0 Å². The first-order valence-electron chi connectivity index (χ1n) is 6.52. The molecule has 1 aromatic carbocycles. The summed E-state index contributed by atoms with van der Waals surface area (Å²) in [7, 11) is 0. The lowest BCUT2D eigenvalue weighted by atomic mass is 9.91. The molecule has 1 aliphatic carbocycles. The Morgan fingerprint density at radius 2 is 2.06 bits per heavy atom. The zero-order chi connectivity index (χ0) is 12.5. The van der Waals surface area contributed by atoms with Crippen molar-refractivity contribution in [2.75, 3.05) is 0 Å². The van der Waals surface area contributed by atoms with Crippen LogP contribution in [0, 0.1) is 5.41 Å². The van der Waals surface area contributed by atoms with E-state index in [1.807, 2.05) is 18.2 Å². The quantitative estimate of drug-likeness (QED) is 0.835. The molecule has 1 aromatic rings. The SMILES string of the molecule is CC(NC1CCC(C)(C)C1)c1ccccc1O. The minimum atomic E-state index is 0.218. The average molecular weight is 233 g/mol.